The minimum atomic E-state index is -0.332. The monoisotopic (exact) mass is 255 g/mol. The van der Waals surface area contributed by atoms with Crippen LogP contribution < -0.4 is 14.4 Å². The van der Waals surface area contributed by atoms with Gasteiger partial charge in [0.2, 0.25) is 0 Å². The van der Waals surface area contributed by atoms with Crippen molar-refractivity contribution in [3.63, 3.8) is 0 Å². The highest BCUT2D eigenvalue weighted by atomic mass is 16.5. The number of benzene rings is 1. The van der Waals surface area contributed by atoms with Crippen molar-refractivity contribution in [2.45, 2.75) is 13.0 Å². The van der Waals surface area contributed by atoms with Crippen LogP contribution >= 0.6 is 0 Å². The molecule has 0 saturated carbocycles. The van der Waals surface area contributed by atoms with Crippen LogP contribution in [0, 0.1) is 6.92 Å². The minimum absolute atomic E-state index is 0.110. The summed E-state index contributed by atoms with van der Waals surface area (Å²) in [4.78, 5) is 1.83. The molecule has 0 fully saturated rings. The van der Waals surface area contributed by atoms with Gasteiger partial charge in [-0.25, -0.2) is 0 Å². The number of ether oxygens (including phenoxy) is 2. The Kier molecular flexibility index (Phi) is 5.25. The minimum Gasteiger partial charge on any atom is -0.493 e. The van der Waals surface area contributed by atoms with Gasteiger partial charge in [0, 0.05) is 18.8 Å². The number of methoxy groups -OCH3 is 2. The van der Waals surface area contributed by atoms with Crippen molar-refractivity contribution < 1.29 is 19.7 Å². The lowest BCUT2D eigenvalue weighted by Gasteiger charge is -2.29. The highest BCUT2D eigenvalue weighted by molar-refractivity contribution is 5.61. The molecular formula is C13H21NO4. The molecule has 0 aliphatic carbocycles. The predicted octanol–water partition coefficient (Wildman–Crippen LogP) is 0.802. The van der Waals surface area contributed by atoms with Gasteiger partial charge in [-0.05, 0) is 18.6 Å². The zero-order chi connectivity index (χ0) is 13.7. The van der Waals surface area contributed by atoms with Crippen molar-refractivity contribution in [2.24, 2.45) is 0 Å². The predicted molar refractivity (Wildman–Crippen MR) is 70.6 cm³/mol. The fourth-order valence-corrected chi connectivity index (χ4v) is 1.85. The third-order valence-corrected chi connectivity index (χ3v) is 3.05. The van der Waals surface area contributed by atoms with Gasteiger partial charge >= 0.3 is 0 Å². The fourth-order valence-electron chi connectivity index (χ4n) is 1.85. The second-order valence-corrected chi connectivity index (χ2v) is 4.12. The number of anilines is 1. The Bertz CT molecular complexity index is 391. The number of aliphatic hydroxyl groups excluding tert-OH is 2. The maximum Gasteiger partial charge on any atom is 0.162 e. The summed E-state index contributed by atoms with van der Waals surface area (Å²) in [5, 5.41) is 18.4. The smallest absolute Gasteiger partial charge is 0.162 e. The molecule has 0 saturated heterocycles. The van der Waals surface area contributed by atoms with Crippen molar-refractivity contribution in [1.29, 1.82) is 0 Å². The number of hydrogen-bond donors (Lipinski definition) is 2. The van der Waals surface area contributed by atoms with Crippen LogP contribution in [0.1, 0.15) is 5.56 Å². The second-order valence-electron chi connectivity index (χ2n) is 4.12. The molecule has 0 radical (unpaired) electrons. The van der Waals surface area contributed by atoms with Gasteiger partial charge in [0.1, 0.15) is 0 Å². The van der Waals surface area contributed by atoms with E-state index in [4.69, 9.17) is 9.47 Å². The van der Waals surface area contributed by atoms with Gasteiger partial charge < -0.3 is 24.6 Å². The first-order valence-electron chi connectivity index (χ1n) is 5.76. The third kappa shape index (κ3) is 2.86. The first-order valence-corrected chi connectivity index (χ1v) is 5.76. The first-order chi connectivity index (χ1) is 8.58. The van der Waals surface area contributed by atoms with E-state index in [1.54, 1.807) is 14.2 Å². The molecule has 0 aromatic heterocycles. The molecule has 5 nitrogen and oxygen atoms in total. The van der Waals surface area contributed by atoms with Crippen LogP contribution in [-0.2, 0) is 0 Å². The zero-order valence-corrected chi connectivity index (χ0v) is 11.3. The lowest BCUT2D eigenvalue weighted by atomic mass is 10.1. The molecule has 0 unspecified atom stereocenters. The van der Waals surface area contributed by atoms with Crippen LogP contribution in [0.2, 0.25) is 0 Å². The Morgan fingerprint density at radius 2 is 1.61 bits per heavy atom. The molecule has 0 amide bonds. The highest BCUT2D eigenvalue weighted by Gasteiger charge is 2.17. The zero-order valence-electron chi connectivity index (χ0n) is 11.3. The summed E-state index contributed by atoms with van der Waals surface area (Å²) in [6, 6.07) is 3.38. The van der Waals surface area contributed by atoms with Crippen molar-refractivity contribution in [1.82, 2.24) is 0 Å². The van der Waals surface area contributed by atoms with E-state index in [0.717, 1.165) is 11.3 Å². The normalized spacial score (nSPS) is 10.6. The van der Waals surface area contributed by atoms with Gasteiger partial charge in [-0.15, -0.1) is 0 Å². The summed E-state index contributed by atoms with van der Waals surface area (Å²) in [5.74, 6) is 1.29. The Labute approximate surface area is 108 Å². The molecule has 1 aromatic carbocycles. The molecule has 1 rings (SSSR count). The van der Waals surface area contributed by atoms with E-state index in [1.165, 1.54) is 0 Å². The number of likely N-dealkylation sites (N-methyl/N-ethyl adjacent to an activating group) is 1. The Balaban J connectivity index is 3.16. The second kappa shape index (κ2) is 6.47. The molecule has 0 atom stereocenters. The number of hydrogen-bond acceptors (Lipinski definition) is 5. The Morgan fingerprint density at radius 3 is 2.06 bits per heavy atom. The molecule has 0 spiro atoms. The molecule has 5 heteroatoms. The average Bonchev–Trinajstić information content (AvgIpc) is 2.39. The topological polar surface area (TPSA) is 62.2 Å². The van der Waals surface area contributed by atoms with E-state index in [2.05, 4.69) is 0 Å². The molecule has 0 aliphatic heterocycles. The van der Waals surface area contributed by atoms with E-state index in [0.29, 0.717) is 11.5 Å². The lowest BCUT2D eigenvalue weighted by molar-refractivity contribution is 0.190. The first kappa shape index (κ1) is 14.6. The van der Waals surface area contributed by atoms with E-state index in [1.807, 2.05) is 31.0 Å². The van der Waals surface area contributed by atoms with Gasteiger partial charge in [-0.1, -0.05) is 0 Å². The SMILES string of the molecule is COc1cc(C)c(N(C)C(CO)CO)cc1OC. The molecule has 0 bridgehead atoms. The highest BCUT2D eigenvalue weighted by Crippen LogP contribution is 2.34. The van der Waals surface area contributed by atoms with Crippen LogP contribution in [0.15, 0.2) is 12.1 Å². The molecule has 18 heavy (non-hydrogen) atoms. The van der Waals surface area contributed by atoms with Crippen molar-refractivity contribution in [3.05, 3.63) is 17.7 Å². The van der Waals surface area contributed by atoms with Crippen LogP contribution in [0.3, 0.4) is 0 Å². The quantitative estimate of drug-likeness (QED) is 0.787. The van der Waals surface area contributed by atoms with Gasteiger partial charge in [0.25, 0.3) is 0 Å². The fraction of sp³-hybridized carbons (Fsp3) is 0.538. The molecule has 1 aromatic rings. The molecule has 2 N–H and O–H groups in total. The van der Waals surface area contributed by atoms with Gasteiger partial charge in [-0.2, -0.15) is 0 Å². The van der Waals surface area contributed by atoms with Gasteiger partial charge in [-0.3, -0.25) is 0 Å². The summed E-state index contributed by atoms with van der Waals surface area (Å²) in [6.45, 7) is 1.72. The Morgan fingerprint density at radius 1 is 1.11 bits per heavy atom. The van der Waals surface area contributed by atoms with E-state index >= 15 is 0 Å². The standard InChI is InChI=1S/C13H21NO4/c1-9-5-12(17-3)13(18-4)6-11(9)14(2)10(7-15)8-16/h5-6,10,15-16H,7-8H2,1-4H3. The van der Waals surface area contributed by atoms with Gasteiger partial charge in [0.05, 0.1) is 33.5 Å². The molecule has 0 heterocycles. The molecular weight excluding hydrogens is 234 g/mol. The van der Waals surface area contributed by atoms with E-state index < -0.39 is 0 Å². The maximum atomic E-state index is 9.22. The summed E-state index contributed by atoms with van der Waals surface area (Å²) < 4.78 is 10.5. The van der Waals surface area contributed by atoms with Crippen molar-refractivity contribution in [2.75, 3.05) is 39.4 Å². The Hall–Kier alpha value is -1.46. The van der Waals surface area contributed by atoms with Crippen LogP contribution in [0.25, 0.3) is 0 Å². The third-order valence-electron chi connectivity index (χ3n) is 3.05. The summed E-state index contributed by atoms with van der Waals surface area (Å²) in [5.41, 5.74) is 1.88. The summed E-state index contributed by atoms with van der Waals surface area (Å²) in [7, 11) is 4.99. The van der Waals surface area contributed by atoms with Crippen LogP contribution in [0.4, 0.5) is 5.69 Å². The lowest BCUT2D eigenvalue weighted by Crippen LogP contribution is -2.38. The summed E-state index contributed by atoms with van der Waals surface area (Å²) in [6.07, 6.45) is 0. The largest absolute Gasteiger partial charge is 0.493 e. The van der Waals surface area contributed by atoms with E-state index in [9.17, 15) is 10.2 Å². The van der Waals surface area contributed by atoms with Crippen molar-refractivity contribution in [3.8, 4) is 11.5 Å². The number of aryl methyl sites for hydroxylation is 1. The molecule has 0 aliphatic rings. The maximum absolute atomic E-state index is 9.22. The van der Waals surface area contributed by atoms with Crippen LogP contribution in [0.5, 0.6) is 11.5 Å². The summed E-state index contributed by atoms with van der Waals surface area (Å²) >= 11 is 0. The number of nitrogens with zero attached hydrogens (tertiary/aromatic N) is 1. The number of rotatable bonds is 6. The van der Waals surface area contributed by atoms with Gasteiger partial charge in [0.15, 0.2) is 11.5 Å². The molecule has 102 valence electrons. The van der Waals surface area contributed by atoms with E-state index in [-0.39, 0.29) is 19.3 Å². The van der Waals surface area contributed by atoms with Crippen molar-refractivity contribution >= 4 is 5.69 Å². The number of aliphatic hydroxyl groups is 2. The average molecular weight is 255 g/mol. The van der Waals surface area contributed by atoms with Crippen LogP contribution in [-0.4, -0.2) is 50.7 Å².